The van der Waals surface area contributed by atoms with E-state index in [0.29, 0.717) is 25.8 Å². The maximum Gasteiger partial charge on any atom is 0.331 e. The average Bonchev–Trinajstić information content (AvgIpc) is 2.41. The van der Waals surface area contributed by atoms with Gasteiger partial charge < -0.3 is 5.11 Å². The molecule has 0 fully saturated rings. The average molecular weight is 264 g/mol. The van der Waals surface area contributed by atoms with Gasteiger partial charge in [-0.15, -0.1) is 12.3 Å². The molecule has 0 radical (unpaired) electrons. The van der Waals surface area contributed by atoms with E-state index in [-0.39, 0.29) is 17.8 Å². The van der Waals surface area contributed by atoms with Crippen molar-refractivity contribution in [3.63, 3.8) is 0 Å². The molecule has 0 aliphatic heterocycles. The molecule has 0 amide bonds. The quantitative estimate of drug-likeness (QED) is 0.579. The van der Waals surface area contributed by atoms with Gasteiger partial charge in [0.15, 0.2) is 0 Å². The van der Waals surface area contributed by atoms with Crippen molar-refractivity contribution in [1.82, 2.24) is 9.13 Å². The van der Waals surface area contributed by atoms with E-state index in [1.807, 2.05) is 6.92 Å². The molecule has 1 rings (SSSR count). The van der Waals surface area contributed by atoms with Gasteiger partial charge in [-0.2, -0.15) is 0 Å². The molecule has 1 heterocycles. The number of unbranched alkanes of at least 4 members (excludes halogenated alkanes) is 2. The molecule has 0 aliphatic rings. The van der Waals surface area contributed by atoms with E-state index < -0.39 is 6.10 Å². The highest BCUT2D eigenvalue weighted by Crippen LogP contribution is 1.96. The van der Waals surface area contributed by atoms with Gasteiger partial charge >= 0.3 is 5.69 Å². The summed E-state index contributed by atoms with van der Waals surface area (Å²) in [5, 5.41) is 9.57. The Balaban J connectivity index is 2.86. The monoisotopic (exact) mass is 264 g/mol. The van der Waals surface area contributed by atoms with Gasteiger partial charge in [0.2, 0.25) is 0 Å². The molecule has 19 heavy (non-hydrogen) atoms. The van der Waals surface area contributed by atoms with Gasteiger partial charge in [-0.3, -0.25) is 13.9 Å². The Labute approximate surface area is 112 Å². The molecular weight excluding hydrogens is 244 g/mol. The number of aromatic nitrogens is 2. The van der Waals surface area contributed by atoms with Gasteiger partial charge in [0.05, 0.1) is 12.6 Å². The van der Waals surface area contributed by atoms with Crippen molar-refractivity contribution >= 4 is 0 Å². The van der Waals surface area contributed by atoms with Gasteiger partial charge in [0, 0.05) is 25.2 Å². The van der Waals surface area contributed by atoms with Crippen LogP contribution in [0, 0.1) is 12.3 Å². The Morgan fingerprint density at radius 2 is 2.16 bits per heavy atom. The lowest BCUT2D eigenvalue weighted by Crippen LogP contribution is -2.40. The van der Waals surface area contributed by atoms with E-state index in [2.05, 4.69) is 5.92 Å². The summed E-state index contributed by atoms with van der Waals surface area (Å²) in [6.07, 6.45) is 8.69. The van der Waals surface area contributed by atoms with Crippen LogP contribution >= 0.6 is 0 Å². The minimum Gasteiger partial charge on any atom is -0.391 e. The maximum atomic E-state index is 12.1. The second-order valence-corrected chi connectivity index (χ2v) is 4.46. The Hall–Kier alpha value is -1.80. The predicted molar refractivity (Wildman–Crippen MR) is 73.9 cm³/mol. The first-order chi connectivity index (χ1) is 9.10. The summed E-state index contributed by atoms with van der Waals surface area (Å²) in [4.78, 5) is 23.7. The number of aliphatic hydroxyl groups excluding tert-OH is 1. The fraction of sp³-hybridized carbons (Fsp3) is 0.571. The molecule has 1 N–H and O–H groups in total. The van der Waals surface area contributed by atoms with Gasteiger partial charge in [-0.25, -0.2) is 4.79 Å². The molecule has 0 bridgehead atoms. The summed E-state index contributed by atoms with van der Waals surface area (Å²) in [5.74, 6) is 2.52. The van der Waals surface area contributed by atoms with Crippen LogP contribution in [0.15, 0.2) is 21.9 Å². The number of nitrogens with zero attached hydrogens (tertiary/aromatic N) is 2. The van der Waals surface area contributed by atoms with Crippen LogP contribution < -0.4 is 11.2 Å². The van der Waals surface area contributed by atoms with Crippen LogP contribution in [0.2, 0.25) is 0 Å². The first kappa shape index (κ1) is 15.3. The highest BCUT2D eigenvalue weighted by molar-refractivity contribution is 4.87. The Bertz CT molecular complexity index is 551. The van der Waals surface area contributed by atoms with Gasteiger partial charge in [-0.1, -0.05) is 6.92 Å². The van der Waals surface area contributed by atoms with Gasteiger partial charge in [0.25, 0.3) is 5.56 Å². The molecule has 1 unspecified atom stereocenters. The fourth-order valence-corrected chi connectivity index (χ4v) is 1.75. The summed E-state index contributed by atoms with van der Waals surface area (Å²) in [6.45, 7) is 2.41. The number of terminal acetylenes is 1. The second-order valence-electron chi connectivity index (χ2n) is 4.46. The van der Waals surface area contributed by atoms with Crippen molar-refractivity contribution in [1.29, 1.82) is 0 Å². The molecular formula is C14H20N2O3. The standard InChI is InChI=1S/C14H20N2O3/c1-3-5-6-7-9-16-13(18)8-10-15(14(16)19)11-12(17)4-2/h1,8,10,12,17H,4-7,9,11H2,2H3. The van der Waals surface area contributed by atoms with Gasteiger partial charge in [-0.05, 0) is 19.3 Å². The zero-order valence-corrected chi connectivity index (χ0v) is 11.2. The minimum absolute atomic E-state index is 0.208. The van der Waals surface area contributed by atoms with Crippen LogP contribution in [0.5, 0.6) is 0 Å². The highest BCUT2D eigenvalue weighted by atomic mass is 16.3. The SMILES string of the molecule is C#CCCCCn1c(=O)ccn(CC(O)CC)c1=O. The van der Waals surface area contributed by atoms with Crippen molar-refractivity contribution in [3.8, 4) is 12.3 Å². The van der Waals surface area contributed by atoms with Crippen LogP contribution in [0.4, 0.5) is 0 Å². The zero-order valence-electron chi connectivity index (χ0n) is 11.2. The summed E-state index contributed by atoms with van der Waals surface area (Å²) < 4.78 is 2.57. The normalized spacial score (nSPS) is 12.1. The topological polar surface area (TPSA) is 64.2 Å². The van der Waals surface area contributed by atoms with Crippen LogP contribution in [-0.4, -0.2) is 20.3 Å². The van der Waals surface area contributed by atoms with Crippen molar-refractivity contribution in [2.75, 3.05) is 0 Å². The third-order valence-corrected chi connectivity index (χ3v) is 2.97. The lowest BCUT2D eigenvalue weighted by atomic mass is 10.2. The van der Waals surface area contributed by atoms with Crippen LogP contribution in [0.3, 0.4) is 0 Å². The zero-order chi connectivity index (χ0) is 14.3. The van der Waals surface area contributed by atoms with E-state index in [9.17, 15) is 14.7 Å². The molecule has 5 nitrogen and oxygen atoms in total. The summed E-state index contributed by atoms with van der Waals surface area (Å²) in [5.41, 5.74) is -0.686. The van der Waals surface area contributed by atoms with Crippen molar-refractivity contribution in [2.45, 2.75) is 51.8 Å². The largest absolute Gasteiger partial charge is 0.391 e. The molecule has 1 atom stereocenters. The Morgan fingerprint density at radius 1 is 1.42 bits per heavy atom. The van der Waals surface area contributed by atoms with E-state index in [4.69, 9.17) is 6.42 Å². The van der Waals surface area contributed by atoms with E-state index in [1.165, 1.54) is 21.4 Å². The third kappa shape index (κ3) is 4.42. The van der Waals surface area contributed by atoms with E-state index in [0.717, 1.165) is 6.42 Å². The molecule has 0 aliphatic carbocycles. The number of rotatable bonds is 7. The second kappa shape index (κ2) is 7.59. The summed E-state index contributed by atoms with van der Waals surface area (Å²) in [7, 11) is 0. The van der Waals surface area contributed by atoms with E-state index >= 15 is 0 Å². The predicted octanol–water partition coefficient (Wildman–Crippen LogP) is 0.584. The summed E-state index contributed by atoms with van der Waals surface area (Å²) >= 11 is 0. The lowest BCUT2D eigenvalue weighted by molar-refractivity contribution is 0.147. The van der Waals surface area contributed by atoms with Crippen LogP contribution in [-0.2, 0) is 13.1 Å². The highest BCUT2D eigenvalue weighted by Gasteiger charge is 2.08. The Kier molecular flexibility index (Phi) is 6.10. The van der Waals surface area contributed by atoms with Crippen molar-refractivity contribution in [3.05, 3.63) is 33.1 Å². The summed E-state index contributed by atoms with van der Waals surface area (Å²) in [6, 6.07) is 1.35. The number of hydrogen-bond donors (Lipinski definition) is 1. The van der Waals surface area contributed by atoms with E-state index in [1.54, 1.807) is 0 Å². The van der Waals surface area contributed by atoms with Crippen LogP contribution in [0.25, 0.3) is 0 Å². The first-order valence-corrected chi connectivity index (χ1v) is 6.52. The molecule has 1 aromatic heterocycles. The van der Waals surface area contributed by atoms with Gasteiger partial charge in [0.1, 0.15) is 0 Å². The Morgan fingerprint density at radius 3 is 2.79 bits per heavy atom. The maximum absolute atomic E-state index is 12.1. The molecule has 0 aromatic carbocycles. The number of aliphatic hydroxyl groups is 1. The molecule has 1 aromatic rings. The minimum atomic E-state index is -0.579. The molecule has 104 valence electrons. The third-order valence-electron chi connectivity index (χ3n) is 2.97. The smallest absolute Gasteiger partial charge is 0.331 e. The van der Waals surface area contributed by atoms with Crippen LogP contribution in [0.1, 0.15) is 32.6 Å². The molecule has 0 saturated heterocycles. The molecule has 0 spiro atoms. The molecule has 0 saturated carbocycles. The fourth-order valence-electron chi connectivity index (χ4n) is 1.75. The van der Waals surface area contributed by atoms with Crippen molar-refractivity contribution < 1.29 is 5.11 Å². The molecule has 5 heteroatoms. The van der Waals surface area contributed by atoms with Crippen molar-refractivity contribution in [2.24, 2.45) is 0 Å². The lowest BCUT2D eigenvalue weighted by Gasteiger charge is -2.12. The first-order valence-electron chi connectivity index (χ1n) is 6.52. The number of hydrogen-bond acceptors (Lipinski definition) is 3.